The molecule has 8 heteroatoms. The molecule has 4 aromatic rings. The highest BCUT2D eigenvalue weighted by Crippen LogP contribution is 2.25. The van der Waals surface area contributed by atoms with Gasteiger partial charge in [-0.3, -0.25) is 14.3 Å². The number of benzene rings is 3. The summed E-state index contributed by atoms with van der Waals surface area (Å²) in [6.45, 7) is 0.370. The Morgan fingerprint density at radius 1 is 1.00 bits per heavy atom. The lowest BCUT2D eigenvalue weighted by molar-refractivity contribution is 0.0992. The molecule has 0 fully saturated rings. The van der Waals surface area contributed by atoms with Crippen LogP contribution in [0.2, 0.25) is 5.02 Å². The minimum absolute atomic E-state index is 0.239. The fourth-order valence-electron chi connectivity index (χ4n) is 3.27. The Bertz CT molecular complexity index is 1300. The first kappa shape index (κ1) is 21.3. The van der Waals surface area contributed by atoms with Crippen LogP contribution in [-0.4, -0.2) is 21.6 Å². The van der Waals surface area contributed by atoms with Gasteiger partial charge in [-0.05, 0) is 29.8 Å². The van der Waals surface area contributed by atoms with Gasteiger partial charge >= 0.3 is 0 Å². The van der Waals surface area contributed by atoms with Crippen molar-refractivity contribution in [1.82, 2.24) is 9.78 Å². The number of carbonyl (C=O) groups is 2. The van der Waals surface area contributed by atoms with Crippen molar-refractivity contribution in [3.63, 3.8) is 0 Å². The Balaban J connectivity index is 1.69. The Kier molecular flexibility index (Phi) is 6.00. The van der Waals surface area contributed by atoms with Crippen LogP contribution in [-0.2, 0) is 6.54 Å². The number of hydrogen-bond donors (Lipinski definition) is 2. The summed E-state index contributed by atoms with van der Waals surface area (Å²) in [5.74, 6) is -2.14. The van der Waals surface area contributed by atoms with E-state index in [2.05, 4.69) is 10.4 Å². The van der Waals surface area contributed by atoms with Crippen molar-refractivity contribution in [3.05, 3.63) is 107 Å². The van der Waals surface area contributed by atoms with Crippen molar-refractivity contribution in [2.45, 2.75) is 6.54 Å². The van der Waals surface area contributed by atoms with Gasteiger partial charge in [0.2, 0.25) is 0 Å². The van der Waals surface area contributed by atoms with Crippen molar-refractivity contribution >= 4 is 29.1 Å². The van der Waals surface area contributed by atoms with Gasteiger partial charge in [0, 0.05) is 22.5 Å². The molecule has 0 saturated carbocycles. The molecule has 0 atom stereocenters. The van der Waals surface area contributed by atoms with Crippen molar-refractivity contribution in [1.29, 1.82) is 0 Å². The standard InChI is InChI=1S/C24H18ClFN4O2/c25-20-9-5-4-8-16(20)13-30-14-19(22(29-30)15-6-2-1-3-7-15)24(32)28-17-10-11-21(26)18(12-17)23(27)31/h1-12,14H,13H2,(H2,27,31)(H,28,32). The number of anilines is 1. The van der Waals surface area contributed by atoms with Crippen LogP contribution in [0.1, 0.15) is 26.3 Å². The lowest BCUT2D eigenvalue weighted by Gasteiger charge is -2.07. The number of aromatic nitrogens is 2. The van der Waals surface area contributed by atoms with Crippen molar-refractivity contribution in [3.8, 4) is 11.3 Å². The lowest BCUT2D eigenvalue weighted by atomic mass is 10.1. The zero-order valence-electron chi connectivity index (χ0n) is 16.8. The van der Waals surface area contributed by atoms with Crippen LogP contribution in [0.3, 0.4) is 0 Å². The van der Waals surface area contributed by atoms with E-state index in [1.54, 1.807) is 16.9 Å². The van der Waals surface area contributed by atoms with Crippen LogP contribution in [0.25, 0.3) is 11.3 Å². The highest BCUT2D eigenvalue weighted by molar-refractivity contribution is 6.31. The van der Waals surface area contributed by atoms with E-state index in [9.17, 15) is 14.0 Å². The molecule has 3 N–H and O–H groups in total. The van der Waals surface area contributed by atoms with Gasteiger partial charge in [-0.2, -0.15) is 5.10 Å². The number of halogens is 2. The second-order valence-corrected chi connectivity index (χ2v) is 7.47. The summed E-state index contributed by atoms with van der Waals surface area (Å²) in [7, 11) is 0. The lowest BCUT2D eigenvalue weighted by Crippen LogP contribution is -2.16. The Morgan fingerprint density at radius 2 is 1.72 bits per heavy atom. The second-order valence-electron chi connectivity index (χ2n) is 7.06. The summed E-state index contributed by atoms with van der Waals surface area (Å²) in [6.07, 6.45) is 1.62. The van der Waals surface area contributed by atoms with Crippen molar-refractivity contribution < 1.29 is 14.0 Å². The molecule has 160 valence electrons. The first-order valence-corrected chi connectivity index (χ1v) is 10.1. The monoisotopic (exact) mass is 448 g/mol. The maximum absolute atomic E-state index is 13.8. The van der Waals surface area contributed by atoms with Crippen LogP contribution in [0.15, 0.2) is 79.0 Å². The Morgan fingerprint density at radius 3 is 2.44 bits per heavy atom. The largest absolute Gasteiger partial charge is 0.366 e. The van der Waals surface area contributed by atoms with E-state index in [0.717, 1.165) is 17.2 Å². The molecule has 0 aliphatic carbocycles. The van der Waals surface area contributed by atoms with Crippen molar-refractivity contribution in [2.24, 2.45) is 5.73 Å². The highest BCUT2D eigenvalue weighted by Gasteiger charge is 2.19. The van der Waals surface area contributed by atoms with Gasteiger partial charge in [0.1, 0.15) is 11.5 Å². The first-order valence-electron chi connectivity index (χ1n) is 9.69. The van der Waals surface area contributed by atoms with Crippen LogP contribution in [0, 0.1) is 5.82 Å². The second kappa shape index (κ2) is 9.03. The summed E-state index contributed by atoms with van der Waals surface area (Å²) >= 11 is 6.27. The summed E-state index contributed by atoms with van der Waals surface area (Å²) in [5.41, 5.74) is 7.54. The average molecular weight is 449 g/mol. The van der Waals surface area contributed by atoms with E-state index in [1.165, 1.54) is 12.1 Å². The molecule has 0 unspecified atom stereocenters. The molecule has 0 aliphatic rings. The molecule has 0 radical (unpaired) electrons. The van der Waals surface area contributed by atoms with E-state index >= 15 is 0 Å². The van der Waals surface area contributed by atoms with Gasteiger partial charge in [0.05, 0.1) is 17.7 Å². The molecule has 2 amide bonds. The van der Waals surface area contributed by atoms with Crippen LogP contribution in [0.4, 0.5) is 10.1 Å². The molecular formula is C24H18ClFN4O2. The fourth-order valence-corrected chi connectivity index (χ4v) is 3.46. The molecular weight excluding hydrogens is 431 g/mol. The molecule has 0 aliphatic heterocycles. The molecule has 0 saturated heterocycles. The fraction of sp³-hybridized carbons (Fsp3) is 0.0417. The summed E-state index contributed by atoms with van der Waals surface area (Å²) < 4.78 is 15.4. The maximum Gasteiger partial charge on any atom is 0.259 e. The average Bonchev–Trinajstić information content (AvgIpc) is 3.21. The molecule has 32 heavy (non-hydrogen) atoms. The predicted molar refractivity (Wildman–Crippen MR) is 121 cm³/mol. The van der Waals surface area contributed by atoms with Gasteiger partial charge in [-0.25, -0.2) is 4.39 Å². The van der Waals surface area contributed by atoms with E-state index in [1.807, 2.05) is 48.5 Å². The quantitative estimate of drug-likeness (QED) is 0.446. The number of carbonyl (C=O) groups excluding carboxylic acids is 2. The van der Waals surface area contributed by atoms with Crippen LogP contribution >= 0.6 is 11.6 Å². The molecule has 6 nitrogen and oxygen atoms in total. The third-order valence-corrected chi connectivity index (χ3v) is 5.20. The van der Waals surface area contributed by atoms with Gasteiger partial charge in [-0.1, -0.05) is 60.1 Å². The topological polar surface area (TPSA) is 90.0 Å². The van der Waals surface area contributed by atoms with E-state index in [4.69, 9.17) is 17.3 Å². The van der Waals surface area contributed by atoms with Crippen LogP contribution < -0.4 is 11.1 Å². The summed E-state index contributed by atoms with van der Waals surface area (Å²) in [4.78, 5) is 24.5. The number of primary amides is 1. The van der Waals surface area contributed by atoms with Gasteiger partial charge in [0.25, 0.3) is 11.8 Å². The van der Waals surface area contributed by atoms with Gasteiger partial charge in [-0.15, -0.1) is 0 Å². The minimum Gasteiger partial charge on any atom is -0.366 e. The van der Waals surface area contributed by atoms with Crippen LogP contribution in [0.5, 0.6) is 0 Å². The number of rotatable bonds is 6. The molecule has 4 rings (SSSR count). The zero-order valence-corrected chi connectivity index (χ0v) is 17.5. The molecule has 0 bridgehead atoms. The Hall–Kier alpha value is -3.97. The molecule has 1 aromatic heterocycles. The summed E-state index contributed by atoms with van der Waals surface area (Å²) in [6, 6.07) is 20.3. The first-order chi connectivity index (χ1) is 15.4. The predicted octanol–water partition coefficient (Wildman–Crippen LogP) is 4.74. The number of nitrogens with two attached hydrogens (primary N) is 1. The van der Waals surface area contributed by atoms with E-state index in [0.29, 0.717) is 22.8 Å². The number of hydrogen-bond acceptors (Lipinski definition) is 3. The van der Waals surface area contributed by atoms with Gasteiger partial charge in [0.15, 0.2) is 0 Å². The van der Waals surface area contributed by atoms with Gasteiger partial charge < -0.3 is 11.1 Å². The normalized spacial score (nSPS) is 10.7. The third-order valence-electron chi connectivity index (χ3n) is 4.83. The smallest absolute Gasteiger partial charge is 0.259 e. The molecule has 0 spiro atoms. The number of nitrogens with one attached hydrogen (secondary N) is 1. The zero-order chi connectivity index (χ0) is 22.7. The molecule has 1 heterocycles. The van der Waals surface area contributed by atoms with Crippen molar-refractivity contribution in [2.75, 3.05) is 5.32 Å². The van der Waals surface area contributed by atoms with E-state index in [-0.39, 0.29) is 11.3 Å². The highest BCUT2D eigenvalue weighted by atomic mass is 35.5. The SMILES string of the molecule is NC(=O)c1cc(NC(=O)c2cn(Cc3ccccc3Cl)nc2-c2ccccc2)ccc1F. The number of amides is 2. The minimum atomic E-state index is -0.920. The Labute approximate surface area is 188 Å². The third kappa shape index (κ3) is 4.53. The summed E-state index contributed by atoms with van der Waals surface area (Å²) in [5, 5.41) is 7.89. The van der Waals surface area contributed by atoms with E-state index < -0.39 is 17.6 Å². The number of nitrogens with zero attached hydrogens (tertiary/aromatic N) is 2. The maximum atomic E-state index is 13.8. The molecule has 3 aromatic carbocycles.